The second kappa shape index (κ2) is 5.79. The first-order valence-electron chi connectivity index (χ1n) is 5.50. The summed E-state index contributed by atoms with van der Waals surface area (Å²) in [7, 11) is -3.25. The molecule has 15 heavy (non-hydrogen) atoms. The van der Waals surface area contributed by atoms with E-state index in [-0.39, 0.29) is 6.04 Å². The Labute approximate surface area is 92.2 Å². The van der Waals surface area contributed by atoms with Crippen LogP contribution < -0.4 is 14.8 Å². The lowest BCUT2D eigenvalue weighted by Crippen LogP contribution is -2.39. The first kappa shape index (κ1) is 12.9. The molecule has 1 aliphatic rings. The predicted molar refractivity (Wildman–Crippen MR) is 60.8 cm³/mol. The highest BCUT2D eigenvalue weighted by molar-refractivity contribution is 7.87. The molecule has 0 heterocycles. The number of hydrogen-bond donors (Lipinski definition) is 3. The number of rotatable bonds is 8. The highest BCUT2D eigenvalue weighted by atomic mass is 32.2. The van der Waals surface area contributed by atoms with Gasteiger partial charge in [-0.25, -0.2) is 4.72 Å². The van der Waals surface area contributed by atoms with Crippen LogP contribution in [0.15, 0.2) is 0 Å². The molecule has 0 atom stereocenters. The summed E-state index contributed by atoms with van der Waals surface area (Å²) in [5, 5.41) is 3.23. The van der Waals surface area contributed by atoms with E-state index in [1.54, 1.807) is 0 Å². The Morgan fingerprint density at radius 3 is 2.47 bits per heavy atom. The molecule has 0 unspecified atom stereocenters. The van der Waals surface area contributed by atoms with Crippen molar-refractivity contribution in [2.75, 3.05) is 13.1 Å². The van der Waals surface area contributed by atoms with Crippen LogP contribution in [0, 0.1) is 0 Å². The molecule has 0 bridgehead atoms. The molecule has 90 valence electrons. The van der Waals surface area contributed by atoms with Crippen LogP contribution in [0.4, 0.5) is 0 Å². The Morgan fingerprint density at radius 2 is 1.93 bits per heavy atom. The van der Waals surface area contributed by atoms with Gasteiger partial charge < -0.3 is 5.32 Å². The predicted octanol–water partition coefficient (Wildman–Crippen LogP) is -0.0391. The second-order valence-corrected chi connectivity index (χ2v) is 5.78. The van der Waals surface area contributed by atoms with Gasteiger partial charge in [-0.2, -0.15) is 13.1 Å². The van der Waals surface area contributed by atoms with E-state index in [4.69, 9.17) is 0 Å². The molecule has 5 nitrogen and oxygen atoms in total. The lowest BCUT2D eigenvalue weighted by Gasteiger charge is -2.09. The van der Waals surface area contributed by atoms with Gasteiger partial charge in [-0.3, -0.25) is 0 Å². The van der Waals surface area contributed by atoms with Gasteiger partial charge in [0.05, 0.1) is 0 Å². The Hall–Kier alpha value is -0.170. The highest BCUT2D eigenvalue weighted by Crippen LogP contribution is 2.19. The molecule has 0 aromatic heterocycles. The molecule has 1 rings (SSSR count). The maximum atomic E-state index is 11.3. The van der Waals surface area contributed by atoms with Gasteiger partial charge in [0.25, 0.3) is 10.2 Å². The molecule has 6 heteroatoms. The molecule has 1 saturated carbocycles. The van der Waals surface area contributed by atoms with Crippen molar-refractivity contribution in [2.24, 2.45) is 0 Å². The minimum absolute atomic E-state index is 0.177. The molecule has 0 amide bonds. The van der Waals surface area contributed by atoms with Crippen molar-refractivity contribution in [1.82, 2.24) is 14.8 Å². The fourth-order valence-corrected chi connectivity index (χ4v) is 2.32. The van der Waals surface area contributed by atoms with E-state index in [2.05, 4.69) is 28.6 Å². The quantitative estimate of drug-likeness (QED) is 0.517. The molecular formula is C9H21N3O2S. The van der Waals surface area contributed by atoms with Gasteiger partial charge in [-0.1, -0.05) is 13.8 Å². The molecule has 0 aliphatic heterocycles. The van der Waals surface area contributed by atoms with Gasteiger partial charge in [0.1, 0.15) is 0 Å². The standard InChI is InChI=1S/C9H21N3O2S/c1-8(2)10-6-3-7-11-15(13,14)12-9-4-5-9/h8-12H,3-7H2,1-2H3. The molecular weight excluding hydrogens is 214 g/mol. The lowest BCUT2D eigenvalue weighted by atomic mass is 10.3. The third kappa shape index (κ3) is 6.83. The largest absolute Gasteiger partial charge is 0.314 e. The Morgan fingerprint density at radius 1 is 1.27 bits per heavy atom. The Kier molecular flexibility index (Phi) is 4.98. The van der Waals surface area contributed by atoms with Crippen molar-refractivity contribution in [3.05, 3.63) is 0 Å². The Bertz CT molecular complexity index is 273. The van der Waals surface area contributed by atoms with E-state index >= 15 is 0 Å². The fraction of sp³-hybridized carbons (Fsp3) is 1.00. The summed E-state index contributed by atoms with van der Waals surface area (Å²) < 4.78 is 27.8. The SMILES string of the molecule is CC(C)NCCCNS(=O)(=O)NC1CC1. The fourth-order valence-electron chi connectivity index (χ4n) is 1.15. The van der Waals surface area contributed by atoms with E-state index in [0.717, 1.165) is 25.8 Å². The zero-order valence-electron chi connectivity index (χ0n) is 9.41. The Balaban J connectivity index is 2.02. The van der Waals surface area contributed by atoms with E-state index in [1.807, 2.05) is 0 Å². The van der Waals surface area contributed by atoms with E-state index in [0.29, 0.717) is 12.6 Å². The zero-order valence-corrected chi connectivity index (χ0v) is 10.2. The molecule has 3 N–H and O–H groups in total. The molecule has 0 aromatic carbocycles. The van der Waals surface area contributed by atoms with Crippen molar-refractivity contribution in [1.29, 1.82) is 0 Å². The van der Waals surface area contributed by atoms with Crippen molar-refractivity contribution < 1.29 is 8.42 Å². The zero-order chi connectivity index (χ0) is 11.3. The smallest absolute Gasteiger partial charge is 0.277 e. The van der Waals surface area contributed by atoms with E-state index < -0.39 is 10.2 Å². The monoisotopic (exact) mass is 235 g/mol. The topological polar surface area (TPSA) is 70.2 Å². The van der Waals surface area contributed by atoms with Gasteiger partial charge in [-0.15, -0.1) is 0 Å². The minimum atomic E-state index is -3.25. The van der Waals surface area contributed by atoms with Crippen molar-refractivity contribution in [3.63, 3.8) is 0 Å². The molecule has 1 fully saturated rings. The van der Waals surface area contributed by atoms with Crippen LogP contribution in [0.5, 0.6) is 0 Å². The maximum Gasteiger partial charge on any atom is 0.277 e. The summed E-state index contributed by atoms with van der Waals surface area (Å²) >= 11 is 0. The average molecular weight is 235 g/mol. The van der Waals surface area contributed by atoms with Crippen LogP contribution in [0.3, 0.4) is 0 Å². The summed E-state index contributed by atoms with van der Waals surface area (Å²) in [4.78, 5) is 0. The van der Waals surface area contributed by atoms with Crippen LogP contribution in [0.1, 0.15) is 33.1 Å². The molecule has 1 aliphatic carbocycles. The molecule has 0 aromatic rings. The minimum Gasteiger partial charge on any atom is -0.314 e. The van der Waals surface area contributed by atoms with Crippen LogP contribution in [-0.2, 0) is 10.2 Å². The van der Waals surface area contributed by atoms with Crippen molar-refractivity contribution in [3.8, 4) is 0 Å². The van der Waals surface area contributed by atoms with Crippen LogP contribution in [0.25, 0.3) is 0 Å². The third-order valence-corrected chi connectivity index (χ3v) is 3.33. The van der Waals surface area contributed by atoms with Gasteiger partial charge in [0, 0.05) is 18.6 Å². The number of hydrogen-bond acceptors (Lipinski definition) is 3. The third-order valence-electron chi connectivity index (χ3n) is 2.10. The maximum absolute atomic E-state index is 11.3. The van der Waals surface area contributed by atoms with E-state index in [1.165, 1.54) is 0 Å². The van der Waals surface area contributed by atoms with Crippen molar-refractivity contribution >= 4 is 10.2 Å². The van der Waals surface area contributed by atoms with Gasteiger partial charge in [0.15, 0.2) is 0 Å². The highest BCUT2D eigenvalue weighted by Gasteiger charge is 2.26. The first-order chi connectivity index (χ1) is 6.99. The molecule has 0 radical (unpaired) electrons. The summed E-state index contributed by atoms with van der Waals surface area (Å²) in [5.41, 5.74) is 0. The van der Waals surface area contributed by atoms with Gasteiger partial charge >= 0.3 is 0 Å². The molecule has 0 spiro atoms. The van der Waals surface area contributed by atoms with Crippen LogP contribution >= 0.6 is 0 Å². The molecule has 0 saturated heterocycles. The number of nitrogens with one attached hydrogen (secondary N) is 3. The lowest BCUT2D eigenvalue weighted by molar-refractivity contribution is 0.547. The second-order valence-electron chi connectivity index (χ2n) is 4.25. The summed E-state index contributed by atoms with van der Waals surface area (Å²) in [6.45, 7) is 5.46. The first-order valence-corrected chi connectivity index (χ1v) is 6.98. The van der Waals surface area contributed by atoms with Crippen LogP contribution in [0.2, 0.25) is 0 Å². The average Bonchev–Trinajstić information content (AvgIpc) is 2.86. The van der Waals surface area contributed by atoms with E-state index in [9.17, 15) is 8.42 Å². The summed E-state index contributed by atoms with van der Waals surface area (Å²) in [6.07, 6.45) is 2.75. The van der Waals surface area contributed by atoms with Gasteiger partial charge in [-0.05, 0) is 25.8 Å². The van der Waals surface area contributed by atoms with Gasteiger partial charge in [0.2, 0.25) is 0 Å². The van der Waals surface area contributed by atoms with Crippen molar-refractivity contribution in [2.45, 2.75) is 45.2 Å². The summed E-state index contributed by atoms with van der Waals surface area (Å²) in [5.74, 6) is 0. The summed E-state index contributed by atoms with van der Waals surface area (Å²) in [6, 6.07) is 0.627. The van der Waals surface area contributed by atoms with Crippen LogP contribution in [-0.4, -0.2) is 33.6 Å². The normalized spacial score (nSPS) is 17.3.